The van der Waals surface area contributed by atoms with E-state index in [2.05, 4.69) is 70.2 Å². The van der Waals surface area contributed by atoms with Crippen LogP contribution in [0.2, 0.25) is 0 Å². The van der Waals surface area contributed by atoms with Crippen LogP contribution >= 0.6 is 0 Å². The van der Waals surface area contributed by atoms with Gasteiger partial charge in [0.25, 0.3) is 0 Å². The third-order valence-corrected chi connectivity index (χ3v) is 5.23. The lowest BCUT2D eigenvalue weighted by Gasteiger charge is -2.35. The van der Waals surface area contributed by atoms with Gasteiger partial charge in [0.2, 0.25) is 0 Å². The number of pyridine rings is 1. The average molecular weight is 314 g/mol. The highest BCUT2D eigenvalue weighted by molar-refractivity contribution is 6.14. The van der Waals surface area contributed by atoms with Gasteiger partial charge in [0.15, 0.2) is 0 Å². The van der Waals surface area contributed by atoms with Crippen molar-refractivity contribution in [1.29, 1.82) is 0 Å². The first-order valence-electron chi connectivity index (χ1n) is 8.53. The second kappa shape index (κ2) is 5.27. The topological polar surface area (TPSA) is 25.2 Å². The van der Waals surface area contributed by atoms with Crippen LogP contribution in [0, 0.1) is 6.92 Å². The van der Waals surface area contributed by atoms with Crippen LogP contribution in [0.25, 0.3) is 10.9 Å². The van der Waals surface area contributed by atoms with Crippen LogP contribution in [0.3, 0.4) is 0 Å². The number of fused-ring (bicyclic) bond motifs is 2. The van der Waals surface area contributed by atoms with E-state index >= 15 is 0 Å². The largest absolute Gasteiger partial charge is 0.276 e. The number of hydrogen-bond acceptors (Lipinski definition) is 2. The molecule has 2 heterocycles. The van der Waals surface area contributed by atoms with Crippen molar-refractivity contribution in [2.24, 2.45) is 4.99 Å². The van der Waals surface area contributed by atoms with Crippen molar-refractivity contribution in [3.05, 3.63) is 77.0 Å². The zero-order chi connectivity index (χ0) is 16.9. The average Bonchev–Trinajstić information content (AvgIpc) is 2.58. The monoisotopic (exact) mass is 314 g/mol. The maximum atomic E-state index is 5.10. The molecule has 0 bridgehead atoms. The third-order valence-electron chi connectivity index (χ3n) is 5.23. The summed E-state index contributed by atoms with van der Waals surface area (Å²) in [6.45, 7) is 8.85. The van der Waals surface area contributed by atoms with Crippen molar-refractivity contribution in [2.45, 2.75) is 39.2 Å². The third kappa shape index (κ3) is 2.34. The molecule has 1 aliphatic rings. The van der Waals surface area contributed by atoms with E-state index in [9.17, 15) is 0 Å². The lowest BCUT2D eigenvalue weighted by atomic mass is 9.77. The number of nitrogens with zero attached hydrogens (tertiary/aromatic N) is 2. The predicted octanol–water partition coefficient (Wildman–Crippen LogP) is 5.28. The second-order valence-electron chi connectivity index (χ2n) is 7.32. The molecule has 0 fully saturated rings. The lowest BCUT2D eigenvalue weighted by molar-refractivity contribution is 0.432. The number of aromatic nitrogens is 1. The van der Waals surface area contributed by atoms with Crippen LogP contribution in [-0.4, -0.2) is 16.2 Å². The summed E-state index contributed by atoms with van der Waals surface area (Å²) in [4.78, 5) is 9.98. The molecule has 1 aliphatic heterocycles. The fourth-order valence-electron chi connectivity index (χ4n) is 3.47. The molecule has 0 saturated heterocycles. The first kappa shape index (κ1) is 15.1. The van der Waals surface area contributed by atoms with E-state index in [0.717, 1.165) is 22.3 Å². The molecule has 1 aromatic heterocycles. The smallest absolute Gasteiger partial charge is 0.0913 e. The summed E-state index contributed by atoms with van der Waals surface area (Å²) in [7, 11) is 0. The highest BCUT2D eigenvalue weighted by atomic mass is 14.9. The van der Waals surface area contributed by atoms with Gasteiger partial charge < -0.3 is 0 Å². The van der Waals surface area contributed by atoms with Gasteiger partial charge in [-0.2, -0.15) is 0 Å². The first-order chi connectivity index (χ1) is 11.5. The Bertz CT molecular complexity index is 967. The zero-order valence-corrected chi connectivity index (χ0v) is 14.7. The van der Waals surface area contributed by atoms with Gasteiger partial charge in [-0.1, -0.05) is 55.0 Å². The van der Waals surface area contributed by atoms with Crippen molar-refractivity contribution >= 4 is 16.6 Å². The Labute approximate surface area is 143 Å². The minimum absolute atomic E-state index is 0.135. The summed E-state index contributed by atoms with van der Waals surface area (Å²) in [6.07, 6.45) is 0. The fourth-order valence-corrected chi connectivity index (χ4v) is 3.47. The number of para-hydroxylation sites is 1. The van der Waals surface area contributed by atoms with E-state index in [1.165, 1.54) is 16.7 Å². The SMILES string of the molecule is Cc1ccc2c(c1)C(C)C(C)(C)N=C2c1ccc2ccccc2n1. The quantitative estimate of drug-likeness (QED) is 0.600. The molecule has 2 aromatic carbocycles. The molecule has 0 saturated carbocycles. The number of benzene rings is 2. The van der Waals surface area contributed by atoms with Gasteiger partial charge in [-0.15, -0.1) is 0 Å². The Morgan fingerprint density at radius 3 is 2.58 bits per heavy atom. The minimum atomic E-state index is -0.135. The Hall–Kier alpha value is -2.48. The van der Waals surface area contributed by atoms with Gasteiger partial charge in [-0.05, 0) is 38.5 Å². The van der Waals surface area contributed by atoms with Gasteiger partial charge >= 0.3 is 0 Å². The Balaban J connectivity index is 1.95. The van der Waals surface area contributed by atoms with Gasteiger partial charge in [0, 0.05) is 16.9 Å². The predicted molar refractivity (Wildman–Crippen MR) is 101 cm³/mol. The van der Waals surface area contributed by atoms with E-state index in [4.69, 9.17) is 9.98 Å². The summed E-state index contributed by atoms with van der Waals surface area (Å²) >= 11 is 0. The molecule has 24 heavy (non-hydrogen) atoms. The van der Waals surface area contributed by atoms with Crippen LogP contribution in [-0.2, 0) is 0 Å². The summed E-state index contributed by atoms with van der Waals surface area (Å²) in [6, 6.07) is 19.1. The zero-order valence-electron chi connectivity index (χ0n) is 14.7. The maximum absolute atomic E-state index is 5.10. The number of hydrogen-bond donors (Lipinski definition) is 0. The molecule has 1 atom stereocenters. The summed E-state index contributed by atoms with van der Waals surface area (Å²) in [5.41, 5.74) is 6.74. The van der Waals surface area contributed by atoms with Crippen LogP contribution in [0.4, 0.5) is 0 Å². The van der Waals surface area contributed by atoms with E-state index in [1.54, 1.807) is 0 Å². The lowest BCUT2D eigenvalue weighted by Crippen LogP contribution is -2.33. The molecule has 2 heteroatoms. The summed E-state index contributed by atoms with van der Waals surface area (Å²) < 4.78 is 0. The molecular formula is C22H22N2. The minimum Gasteiger partial charge on any atom is -0.276 e. The van der Waals surface area contributed by atoms with Crippen molar-refractivity contribution in [3.63, 3.8) is 0 Å². The van der Waals surface area contributed by atoms with Gasteiger partial charge in [-0.25, -0.2) is 4.98 Å². The van der Waals surface area contributed by atoms with E-state index in [1.807, 2.05) is 12.1 Å². The Morgan fingerprint density at radius 1 is 0.958 bits per heavy atom. The molecule has 4 rings (SSSR count). The Kier molecular flexibility index (Phi) is 3.31. The number of rotatable bonds is 1. The van der Waals surface area contributed by atoms with Gasteiger partial charge in [0.05, 0.1) is 22.5 Å². The molecule has 2 nitrogen and oxygen atoms in total. The van der Waals surface area contributed by atoms with Crippen LogP contribution in [0.1, 0.15) is 49.1 Å². The highest BCUT2D eigenvalue weighted by Gasteiger charge is 2.34. The van der Waals surface area contributed by atoms with E-state index in [0.29, 0.717) is 5.92 Å². The second-order valence-corrected chi connectivity index (χ2v) is 7.32. The molecule has 0 N–H and O–H groups in total. The highest BCUT2D eigenvalue weighted by Crippen LogP contribution is 2.39. The van der Waals surface area contributed by atoms with Crippen molar-refractivity contribution < 1.29 is 0 Å². The standard InChI is InChI=1S/C22H22N2/c1-14-9-11-17-18(13-14)15(2)22(3,4)24-21(17)20-12-10-16-7-5-6-8-19(16)23-20/h5-13,15H,1-4H3. The Morgan fingerprint density at radius 2 is 1.75 bits per heavy atom. The molecule has 1 unspecified atom stereocenters. The van der Waals surface area contributed by atoms with Crippen LogP contribution in [0.5, 0.6) is 0 Å². The van der Waals surface area contributed by atoms with E-state index in [-0.39, 0.29) is 5.54 Å². The maximum Gasteiger partial charge on any atom is 0.0913 e. The molecule has 0 aliphatic carbocycles. The summed E-state index contributed by atoms with van der Waals surface area (Å²) in [5.74, 6) is 0.386. The first-order valence-corrected chi connectivity index (χ1v) is 8.53. The molecule has 0 spiro atoms. The van der Waals surface area contributed by atoms with Crippen LogP contribution in [0.15, 0.2) is 59.6 Å². The number of aliphatic imine (C=N–C) groups is 1. The number of aryl methyl sites for hydroxylation is 1. The normalized spacial score (nSPS) is 19.0. The molecule has 3 aromatic rings. The molecule has 0 radical (unpaired) electrons. The van der Waals surface area contributed by atoms with Crippen molar-refractivity contribution in [2.75, 3.05) is 0 Å². The van der Waals surface area contributed by atoms with Gasteiger partial charge in [-0.3, -0.25) is 4.99 Å². The van der Waals surface area contributed by atoms with Gasteiger partial charge in [0.1, 0.15) is 0 Å². The van der Waals surface area contributed by atoms with Crippen molar-refractivity contribution in [3.8, 4) is 0 Å². The molecular weight excluding hydrogens is 292 g/mol. The van der Waals surface area contributed by atoms with Crippen molar-refractivity contribution in [1.82, 2.24) is 4.98 Å². The summed E-state index contributed by atoms with van der Waals surface area (Å²) in [5, 5.41) is 1.16. The molecule has 0 amide bonds. The van der Waals surface area contributed by atoms with E-state index < -0.39 is 0 Å². The fraction of sp³-hybridized carbons (Fsp3) is 0.273. The van der Waals surface area contributed by atoms with Crippen LogP contribution < -0.4 is 0 Å². The molecule has 120 valence electrons.